The maximum Gasteiger partial charge on any atom is 0.291 e. The largest absolute Gasteiger partial charge is 0.497 e. The van der Waals surface area contributed by atoms with E-state index in [9.17, 15) is 9.59 Å². The number of amides is 1. The first-order valence-electron chi connectivity index (χ1n) is 9.53. The Morgan fingerprint density at radius 2 is 2.10 bits per heavy atom. The van der Waals surface area contributed by atoms with Crippen molar-refractivity contribution in [1.82, 2.24) is 14.2 Å². The van der Waals surface area contributed by atoms with Gasteiger partial charge in [-0.15, -0.1) is 0 Å². The Hall–Kier alpha value is -3.55. The van der Waals surface area contributed by atoms with Crippen molar-refractivity contribution < 1.29 is 13.9 Å². The monoisotopic (exact) mass is 394 g/mol. The SMILES string of the molecule is CCc1nn(CCCC(=O)Nc2cccc(OC)c2)c(=O)c2cc3occc3n12. The number of furan rings is 1. The molecule has 3 heterocycles. The molecule has 8 nitrogen and oxygen atoms in total. The highest BCUT2D eigenvalue weighted by Gasteiger charge is 2.15. The summed E-state index contributed by atoms with van der Waals surface area (Å²) in [7, 11) is 1.58. The molecule has 1 N–H and O–H groups in total. The number of ether oxygens (including phenoxy) is 1. The van der Waals surface area contributed by atoms with E-state index in [2.05, 4.69) is 10.4 Å². The van der Waals surface area contributed by atoms with Crippen molar-refractivity contribution in [2.75, 3.05) is 12.4 Å². The van der Waals surface area contributed by atoms with Crippen LogP contribution >= 0.6 is 0 Å². The van der Waals surface area contributed by atoms with E-state index < -0.39 is 0 Å². The molecule has 0 atom stereocenters. The van der Waals surface area contributed by atoms with E-state index in [0.717, 1.165) is 11.3 Å². The van der Waals surface area contributed by atoms with Gasteiger partial charge in [0.2, 0.25) is 5.91 Å². The highest BCUT2D eigenvalue weighted by atomic mass is 16.5. The number of aromatic nitrogens is 3. The van der Waals surface area contributed by atoms with Crippen LogP contribution in [0.5, 0.6) is 5.75 Å². The summed E-state index contributed by atoms with van der Waals surface area (Å²) in [6.07, 6.45) is 3.05. The number of hydrogen-bond acceptors (Lipinski definition) is 5. The first-order valence-corrected chi connectivity index (χ1v) is 9.53. The Morgan fingerprint density at radius 1 is 1.24 bits per heavy atom. The number of nitrogens with zero attached hydrogens (tertiary/aromatic N) is 3. The summed E-state index contributed by atoms with van der Waals surface area (Å²) in [5.41, 5.74) is 2.52. The van der Waals surface area contributed by atoms with Crippen LogP contribution in [0.25, 0.3) is 16.6 Å². The van der Waals surface area contributed by atoms with Gasteiger partial charge in [-0.1, -0.05) is 13.0 Å². The summed E-state index contributed by atoms with van der Waals surface area (Å²) in [6.45, 7) is 2.35. The average Bonchev–Trinajstić information content (AvgIpc) is 3.32. The number of methoxy groups -OCH3 is 1. The smallest absolute Gasteiger partial charge is 0.291 e. The van der Waals surface area contributed by atoms with Gasteiger partial charge < -0.3 is 14.5 Å². The first kappa shape index (κ1) is 18.8. The minimum Gasteiger partial charge on any atom is -0.497 e. The van der Waals surface area contributed by atoms with Crippen molar-refractivity contribution in [1.29, 1.82) is 0 Å². The van der Waals surface area contributed by atoms with Crippen LogP contribution in [0.4, 0.5) is 5.69 Å². The van der Waals surface area contributed by atoms with Crippen LogP contribution in [-0.2, 0) is 17.8 Å². The molecular formula is C21H22N4O4. The van der Waals surface area contributed by atoms with Crippen LogP contribution in [0.3, 0.4) is 0 Å². The molecule has 1 amide bonds. The fraction of sp³-hybridized carbons (Fsp3) is 0.286. The molecule has 4 rings (SSSR count). The number of fused-ring (bicyclic) bond motifs is 3. The summed E-state index contributed by atoms with van der Waals surface area (Å²) in [5.74, 6) is 1.33. The Morgan fingerprint density at radius 3 is 2.90 bits per heavy atom. The number of hydrogen-bond donors (Lipinski definition) is 1. The molecule has 0 radical (unpaired) electrons. The predicted octanol–water partition coefficient (Wildman–Crippen LogP) is 3.23. The highest BCUT2D eigenvalue weighted by molar-refractivity contribution is 5.90. The number of nitrogens with one attached hydrogen (secondary N) is 1. The molecular weight excluding hydrogens is 372 g/mol. The Labute approximate surface area is 166 Å². The summed E-state index contributed by atoms with van der Waals surface area (Å²) < 4.78 is 13.9. The van der Waals surface area contributed by atoms with Crippen molar-refractivity contribution in [3.8, 4) is 5.75 Å². The van der Waals surface area contributed by atoms with Crippen molar-refractivity contribution in [2.24, 2.45) is 0 Å². The van der Waals surface area contributed by atoms with Gasteiger partial charge in [-0.2, -0.15) is 5.10 Å². The van der Waals surface area contributed by atoms with Crippen LogP contribution in [-0.4, -0.2) is 27.2 Å². The molecule has 0 spiro atoms. The first-order chi connectivity index (χ1) is 14.1. The van der Waals surface area contributed by atoms with Crippen molar-refractivity contribution in [2.45, 2.75) is 32.7 Å². The third-order valence-corrected chi connectivity index (χ3v) is 4.81. The van der Waals surface area contributed by atoms with E-state index in [1.54, 1.807) is 31.6 Å². The second kappa shape index (κ2) is 7.83. The number of anilines is 1. The molecule has 1 aromatic carbocycles. The van der Waals surface area contributed by atoms with Crippen LogP contribution < -0.4 is 15.6 Å². The number of aryl methyl sites for hydroxylation is 2. The van der Waals surface area contributed by atoms with Crippen LogP contribution in [0.1, 0.15) is 25.6 Å². The summed E-state index contributed by atoms with van der Waals surface area (Å²) in [4.78, 5) is 25.1. The van der Waals surface area contributed by atoms with Crippen LogP contribution in [0, 0.1) is 0 Å². The van der Waals surface area contributed by atoms with Crippen LogP contribution in [0.15, 0.2) is 51.9 Å². The van der Waals surface area contributed by atoms with Crippen molar-refractivity contribution in [3.05, 3.63) is 58.8 Å². The lowest BCUT2D eigenvalue weighted by Crippen LogP contribution is -2.27. The molecule has 0 aliphatic carbocycles. The van der Waals surface area contributed by atoms with E-state index in [4.69, 9.17) is 9.15 Å². The van der Waals surface area contributed by atoms with E-state index in [-0.39, 0.29) is 17.9 Å². The van der Waals surface area contributed by atoms with Gasteiger partial charge in [-0.3, -0.25) is 14.0 Å². The summed E-state index contributed by atoms with van der Waals surface area (Å²) in [6, 6.07) is 10.8. The lowest BCUT2D eigenvalue weighted by atomic mass is 10.2. The van der Waals surface area contributed by atoms with Crippen LogP contribution in [0.2, 0.25) is 0 Å². The minimum atomic E-state index is -0.193. The molecule has 8 heteroatoms. The molecule has 0 fully saturated rings. The van der Waals surface area contributed by atoms with Gasteiger partial charge >= 0.3 is 0 Å². The fourth-order valence-electron chi connectivity index (χ4n) is 3.42. The van der Waals surface area contributed by atoms with E-state index in [1.165, 1.54) is 4.68 Å². The topological polar surface area (TPSA) is 90.8 Å². The Balaban J connectivity index is 1.47. The lowest BCUT2D eigenvalue weighted by molar-refractivity contribution is -0.116. The number of benzene rings is 1. The normalized spacial score (nSPS) is 11.2. The minimum absolute atomic E-state index is 0.122. The van der Waals surface area contributed by atoms with E-state index in [0.29, 0.717) is 41.9 Å². The van der Waals surface area contributed by atoms with Gasteiger partial charge in [0.05, 0.1) is 18.9 Å². The molecule has 0 unspecified atom stereocenters. The maximum atomic E-state index is 12.8. The fourth-order valence-corrected chi connectivity index (χ4v) is 3.42. The molecule has 0 saturated carbocycles. The standard InChI is InChI=1S/C21H22N4O4/c1-3-19-23-24(21(27)17-13-18-16(25(17)19)9-11-29-18)10-5-8-20(26)22-14-6-4-7-15(12-14)28-2/h4,6-7,9,11-13H,3,5,8,10H2,1-2H3,(H,22,26). The zero-order valence-corrected chi connectivity index (χ0v) is 16.3. The van der Waals surface area contributed by atoms with Crippen molar-refractivity contribution in [3.63, 3.8) is 0 Å². The molecule has 3 aromatic heterocycles. The molecule has 0 saturated heterocycles. The number of carbonyl (C=O) groups is 1. The second-order valence-corrected chi connectivity index (χ2v) is 6.72. The number of rotatable bonds is 7. The third kappa shape index (κ3) is 3.61. The molecule has 29 heavy (non-hydrogen) atoms. The molecule has 150 valence electrons. The highest BCUT2D eigenvalue weighted by Crippen LogP contribution is 2.20. The van der Waals surface area contributed by atoms with Gasteiger partial charge in [0.15, 0.2) is 5.58 Å². The average molecular weight is 394 g/mol. The predicted molar refractivity (Wildman–Crippen MR) is 109 cm³/mol. The number of carbonyl (C=O) groups excluding carboxylic acids is 1. The van der Waals surface area contributed by atoms with Gasteiger partial charge in [0.25, 0.3) is 5.56 Å². The Kier molecular flexibility index (Phi) is 5.07. The second-order valence-electron chi connectivity index (χ2n) is 6.72. The van der Waals surface area contributed by atoms with Gasteiger partial charge in [0, 0.05) is 43.3 Å². The zero-order chi connectivity index (χ0) is 20.4. The van der Waals surface area contributed by atoms with E-state index >= 15 is 0 Å². The Bertz CT molecular complexity index is 1230. The summed E-state index contributed by atoms with van der Waals surface area (Å²) in [5, 5.41) is 7.34. The van der Waals surface area contributed by atoms with Gasteiger partial charge in [0.1, 0.15) is 17.1 Å². The summed E-state index contributed by atoms with van der Waals surface area (Å²) >= 11 is 0. The van der Waals surface area contributed by atoms with Gasteiger partial charge in [-0.25, -0.2) is 4.68 Å². The zero-order valence-electron chi connectivity index (χ0n) is 16.3. The molecule has 0 aliphatic rings. The van der Waals surface area contributed by atoms with Gasteiger partial charge in [-0.05, 0) is 18.6 Å². The molecule has 0 bridgehead atoms. The molecule has 4 aromatic rings. The van der Waals surface area contributed by atoms with Crippen molar-refractivity contribution >= 4 is 28.2 Å². The lowest BCUT2D eigenvalue weighted by Gasteiger charge is -2.10. The quantitative estimate of drug-likeness (QED) is 0.520. The molecule has 0 aliphatic heterocycles. The maximum absolute atomic E-state index is 12.8. The van der Waals surface area contributed by atoms with E-state index in [1.807, 2.05) is 29.5 Å². The third-order valence-electron chi connectivity index (χ3n) is 4.81.